The molecule has 0 amide bonds. The summed E-state index contributed by atoms with van der Waals surface area (Å²) in [4.78, 5) is -0.00922. The van der Waals surface area contributed by atoms with E-state index in [0.717, 1.165) is 5.56 Å². The van der Waals surface area contributed by atoms with Crippen LogP contribution < -0.4 is 0 Å². The molecule has 1 aliphatic carbocycles. The minimum absolute atomic E-state index is 0.00922. The summed E-state index contributed by atoms with van der Waals surface area (Å²) in [7, 11) is -4.35. The monoisotopic (exact) mass is 499 g/mol. The molecule has 2 aromatic rings. The maximum absolute atomic E-state index is 14.3. The van der Waals surface area contributed by atoms with E-state index >= 15 is 0 Å². The highest BCUT2D eigenvalue weighted by Gasteiger charge is 2.90. The van der Waals surface area contributed by atoms with Crippen LogP contribution in [-0.4, -0.2) is 51.2 Å². The topological polar surface area (TPSA) is 94.9 Å². The van der Waals surface area contributed by atoms with Gasteiger partial charge in [-0.3, -0.25) is 0 Å². The van der Waals surface area contributed by atoms with E-state index in [-0.39, 0.29) is 31.3 Å². The average Bonchev–Trinajstić information content (AvgIpc) is 2.87. The first-order valence-corrected chi connectivity index (χ1v) is 13.4. The first-order chi connectivity index (χ1) is 16.9. The van der Waals surface area contributed by atoms with E-state index in [2.05, 4.69) is 6.07 Å². The maximum atomic E-state index is 14.3. The molecule has 7 nitrogen and oxygen atoms in total. The minimum atomic E-state index is -4.35. The Balaban J connectivity index is 2.38. The van der Waals surface area contributed by atoms with Gasteiger partial charge in [0.05, 0.1) is 16.9 Å². The number of benzene rings is 2. The highest BCUT2D eigenvalue weighted by atomic mass is 32.2. The Kier molecular flexibility index (Phi) is 8.52. The molecule has 35 heavy (non-hydrogen) atoms. The fraction of sp³-hybridized carbons (Fsp3) is 0.444. The molecule has 0 aromatic heterocycles. The molecule has 0 N–H and O–H groups in total. The minimum Gasteiger partial charge on any atom is -0.345 e. The van der Waals surface area contributed by atoms with Crippen LogP contribution >= 0.6 is 0 Å². The van der Waals surface area contributed by atoms with E-state index in [1.54, 1.807) is 58.0 Å². The van der Waals surface area contributed by atoms with Gasteiger partial charge < -0.3 is 18.9 Å². The van der Waals surface area contributed by atoms with Gasteiger partial charge >= 0.3 is 0 Å². The number of hydrogen-bond donors (Lipinski definition) is 0. The van der Waals surface area contributed by atoms with Crippen molar-refractivity contribution in [3.63, 3.8) is 0 Å². The van der Waals surface area contributed by atoms with Crippen molar-refractivity contribution in [2.75, 3.05) is 26.4 Å². The number of nitrogens with zero attached hydrogens (tertiary/aromatic N) is 1. The summed E-state index contributed by atoms with van der Waals surface area (Å²) in [5, 5.41) is 10.7. The van der Waals surface area contributed by atoms with Crippen molar-refractivity contribution >= 4 is 15.9 Å². The molecule has 2 atom stereocenters. The largest absolute Gasteiger partial charge is 0.345 e. The Hall–Kier alpha value is -2.54. The SMILES string of the molecule is CCOC1(OCC)[C@H](/C=C\c2ccccc2)[C@](C#N)(S(=O)(=O)c2ccccc2)C1(OCC)OCC. The molecule has 0 heterocycles. The number of ether oxygens (including phenoxy) is 4. The lowest BCUT2D eigenvalue weighted by atomic mass is 9.60. The average molecular weight is 500 g/mol. The van der Waals surface area contributed by atoms with Gasteiger partial charge in [-0.15, -0.1) is 0 Å². The van der Waals surface area contributed by atoms with Crippen LogP contribution in [0.5, 0.6) is 0 Å². The second-order valence-corrected chi connectivity index (χ2v) is 10.0. The van der Waals surface area contributed by atoms with Crippen LogP contribution in [0, 0.1) is 17.2 Å². The normalized spacial score (nSPS) is 23.0. The van der Waals surface area contributed by atoms with Crippen LogP contribution in [0.3, 0.4) is 0 Å². The maximum Gasteiger partial charge on any atom is 0.259 e. The predicted molar refractivity (Wildman–Crippen MR) is 133 cm³/mol. The van der Waals surface area contributed by atoms with Crippen molar-refractivity contribution in [1.82, 2.24) is 0 Å². The van der Waals surface area contributed by atoms with Crippen LogP contribution in [0.2, 0.25) is 0 Å². The fourth-order valence-electron chi connectivity index (χ4n) is 4.93. The lowest BCUT2D eigenvalue weighted by molar-refractivity contribution is -0.480. The molecule has 0 spiro atoms. The first-order valence-electron chi connectivity index (χ1n) is 11.9. The summed E-state index contributed by atoms with van der Waals surface area (Å²) in [6.45, 7) is 7.50. The highest BCUT2D eigenvalue weighted by molar-refractivity contribution is 7.93. The van der Waals surface area contributed by atoms with Gasteiger partial charge in [0.2, 0.25) is 20.4 Å². The molecule has 0 saturated heterocycles. The zero-order chi connectivity index (χ0) is 25.6. The van der Waals surface area contributed by atoms with Crippen LogP contribution in [0.1, 0.15) is 33.3 Å². The summed E-state index contributed by atoms with van der Waals surface area (Å²) in [6, 6.07) is 19.4. The molecular weight excluding hydrogens is 466 g/mol. The van der Waals surface area contributed by atoms with Gasteiger partial charge in [0.15, 0.2) is 0 Å². The highest BCUT2D eigenvalue weighted by Crippen LogP contribution is 2.65. The Morgan fingerprint density at radius 2 is 1.31 bits per heavy atom. The lowest BCUT2D eigenvalue weighted by Crippen LogP contribution is -2.89. The lowest BCUT2D eigenvalue weighted by Gasteiger charge is -2.67. The number of nitriles is 1. The molecule has 2 aromatic carbocycles. The van der Waals surface area contributed by atoms with Gasteiger partial charge in [0.1, 0.15) is 0 Å². The molecule has 188 valence electrons. The quantitative estimate of drug-likeness (QED) is 0.394. The molecule has 0 unspecified atom stereocenters. The fourth-order valence-corrected chi connectivity index (χ4v) is 7.12. The van der Waals surface area contributed by atoms with Crippen LogP contribution in [0.4, 0.5) is 0 Å². The van der Waals surface area contributed by atoms with Crippen molar-refractivity contribution in [2.24, 2.45) is 5.92 Å². The second kappa shape index (κ2) is 11.0. The standard InChI is InChI=1S/C27H33NO6S/c1-5-31-26(32-6-2)24(20-19-22-15-11-9-12-16-22)25(21-28,27(26,33-7-3)34-8-4)35(29,30)23-17-13-10-14-18-23/h9-20,24H,5-8H2,1-4H3/b20-19-/t24-,25+/m1/s1. The molecule has 0 aliphatic heterocycles. The molecule has 1 fully saturated rings. The van der Waals surface area contributed by atoms with E-state index in [1.807, 2.05) is 30.3 Å². The molecule has 3 rings (SSSR count). The predicted octanol–water partition coefficient (Wildman–Crippen LogP) is 4.60. The summed E-state index contributed by atoms with van der Waals surface area (Å²) in [6.07, 6.45) is 3.44. The Morgan fingerprint density at radius 3 is 1.77 bits per heavy atom. The van der Waals surface area contributed by atoms with E-state index in [4.69, 9.17) is 18.9 Å². The number of rotatable bonds is 12. The van der Waals surface area contributed by atoms with E-state index in [0.29, 0.717) is 0 Å². The smallest absolute Gasteiger partial charge is 0.259 e. The van der Waals surface area contributed by atoms with Crippen molar-refractivity contribution in [2.45, 2.75) is 48.9 Å². The molecule has 8 heteroatoms. The summed E-state index contributed by atoms with van der Waals surface area (Å²) >= 11 is 0. The van der Waals surface area contributed by atoms with Crippen molar-refractivity contribution < 1.29 is 27.4 Å². The Bertz CT molecular complexity index is 1130. The summed E-state index contributed by atoms with van der Waals surface area (Å²) in [5.74, 6) is -4.78. The third kappa shape index (κ3) is 4.02. The van der Waals surface area contributed by atoms with Crippen LogP contribution in [0.15, 0.2) is 71.6 Å². The molecule has 0 radical (unpaired) electrons. The molecule has 1 aliphatic rings. The molecule has 1 saturated carbocycles. The van der Waals surface area contributed by atoms with Crippen molar-refractivity contribution in [1.29, 1.82) is 5.26 Å². The van der Waals surface area contributed by atoms with Gasteiger partial charge in [0, 0.05) is 26.4 Å². The third-order valence-electron chi connectivity index (χ3n) is 6.13. The van der Waals surface area contributed by atoms with Crippen LogP contribution in [-0.2, 0) is 28.8 Å². The second-order valence-electron chi connectivity index (χ2n) is 7.93. The van der Waals surface area contributed by atoms with Gasteiger partial charge in [-0.1, -0.05) is 60.7 Å². The van der Waals surface area contributed by atoms with E-state index < -0.39 is 32.1 Å². The molecule has 0 bridgehead atoms. The van der Waals surface area contributed by atoms with Gasteiger partial charge in [-0.05, 0) is 45.4 Å². The number of sulfone groups is 1. The summed E-state index contributed by atoms with van der Waals surface area (Å²) < 4.78 is 51.0. The van der Waals surface area contributed by atoms with E-state index in [1.165, 1.54) is 12.1 Å². The van der Waals surface area contributed by atoms with Gasteiger partial charge in [-0.25, -0.2) is 8.42 Å². The summed E-state index contributed by atoms with van der Waals surface area (Å²) in [5.41, 5.74) is 0.837. The Labute approximate surface area is 208 Å². The van der Waals surface area contributed by atoms with E-state index in [9.17, 15) is 13.7 Å². The third-order valence-corrected chi connectivity index (χ3v) is 8.49. The first kappa shape index (κ1) is 27.1. The molecular formula is C27H33NO6S. The zero-order valence-electron chi connectivity index (χ0n) is 20.6. The van der Waals surface area contributed by atoms with Gasteiger partial charge in [0.25, 0.3) is 5.79 Å². The number of hydrogen-bond acceptors (Lipinski definition) is 7. The van der Waals surface area contributed by atoms with Crippen LogP contribution in [0.25, 0.3) is 6.08 Å². The van der Waals surface area contributed by atoms with Gasteiger partial charge in [-0.2, -0.15) is 5.26 Å². The zero-order valence-corrected chi connectivity index (χ0v) is 21.5. The van der Waals surface area contributed by atoms with Crippen molar-refractivity contribution in [3.05, 3.63) is 72.3 Å². The Morgan fingerprint density at radius 1 is 0.829 bits per heavy atom. The van der Waals surface area contributed by atoms with Crippen molar-refractivity contribution in [3.8, 4) is 6.07 Å².